The van der Waals surface area contributed by atoms with E-state index in [-0.39, 0.29) is 0 Å². The second-order valence-corrected chi connectivity index (χ2v) is 5.24. The summed E-state index contributed by atoms with van der Waals surface area (Å²) in [5.41, 5.74) is 4.44. The zero-order valence-corrected chi connectivity index (χ0v) is 13.1. The molecule has 0 fully saturated rings. The number of hydrogen-bond donors (Lipinski definition) is 0. The summed E-state index contributed by atoms with van der Waals surface area (Å²) in [7, 11) is 1.68. The molecule has 0 heterocycles. The van der Waals surface area contributed by atoms with Crippen LogP contribution >= 0.6 is 0 Å². The molecule has 0 aliphatic heterocycles. The van der Waals surface area contributed by atoms with Crippen LogP contribution in [0.1, 0.15) is 16.7 Å². The molecule has 0 saturated heterocycles. The highest BCUT2D eigenvalue weighted by molar-refractivity contribution is 6.12. The highest BCUT2D eigenvalue weighted by Gasteiger charge is 2.06. The van der Waals surface area contributed by atoms with Gasteiger partial charge in [-0.2, -0.15) is 0 Å². The van der Waals surface area contributed by atoms with Gasteiger partial charge in [-0.25, -0.2) is 0 Å². The van der Waals surface area contributed by atoms with E-state index in [1.165, 1.54) is 0 Å². The lowest BCUT2D eigenvalue weighted by Gasteiger charge is -2.08. The maximum atomic E-state index is 5.20. The van der Waals surface area contributed by atoms with Crippen molar-refractivity contribution in [3.05, 3.63) is 102 Å². The number of rotatable bonds is 5. The molecule has 0 radical (unpaired) electrons. The Morgan fingerprint density at radius 1 is 0.739 bits per heavy atom. The van der Waals surface area contributed by atoms with Gasteiger partial charge in [0.1, 0.15) is 5.75 Å². The minimum Gasteiger partial charge on any atom is -0.497 e. The van der Waals surface area contributed by atoms with E-state index in [0.717, 1.165) is 28.2 Å². The monoisotopic (exact) mass is 302 g/mol. The summed E-state index contributed by atoms with van der Waals surface area (Å²) >= 11 is 0. The largest absolute Gasteiger partial charge is 0.497 e. The summed E-state index contributed by atoms with van der Waals surface area (Å²) in [5, 5.41) is 0. The van der Waals surface area contributed by atoms with E-state index in [1.807, 2.05) is 48.5 Å². The van der Waals surface area contributed by atoms with Gasteiger partial charge in [0.25, 0.3) is 0 Å². The smallest absolute Gasteiger partial charge is 0.118 e. The van der Waals surface area contributed by atoms with Crippen molar-refractivity contribution in [3.63, 3.8) is 0 Å². The first-order valence-electron chi connectivity index (χ1n) is 7.65. The van der Waals surface area contributed by atoms with E-state index in [0.29, 0.717) is 6.54 Å². The van der Waals surface area contributed by atoms with Crippen LogP contribution in [0.5, 0.6) is 5.75 Å². The van der Waals surface area contributed by atoms with E-state index in [1.54, 1.807) is 7.11 Å². The number of ether oxygens (including phenoxy) is 1. The fourth-order valence-electron chi connectivity index (χ4n) is 2.44. The van der Waals surface area contributed by atoms with Crippen molar-refractivity contribution in [2.45, 2.75) is 6.54 Å². The van der Waals surface area contributed by atoms with Crippen molar-refractivity contribution in [1.82, 2.24) is 0 Å². The molecule has 0 atom stereocenters. The number of aliphatic imine (C=N–C) groups is 1. The predicted octanol–water partition coefficient (Wildman–Crippen LogP) is 4.73. The van der Waals surface area contributed by atoms with Gasteiger partial charge in [-0.05, 0) is 17.7 Å². The molecular formula is C21H19NO. The molecule has 0 N–H and O–H groups in total. The van der Waals surface area contributed by atoms with E-state index < -0.39 is 0 Å². The number of nitrogens with zero attached hydrogens (tertiary/aromatic N) is 1. The van der Waals surface area contributed by atoms with E-state index >= 15 is 0 Å². The molecule has 2 nitrogen and oxygen atoms in total. The molecule has 2 heteroatoms. The van der Waals surface area contributed by atoms with Crippen LogP contribution in [0.25, 0.3) is 0 Å². The molecule has 23 heavy (non-hydrogen) atoms. The topological polar surface area (TPSA) is 21.6 Å². The van der Waals surface area contributed by atoms with Crippen LogP contribution in [0.15, 0.2) is 89.9 Å². The summed E-state index contributed by atoms with van der Waals surface area (Å²) in [4.78, 5) is 4.87. The molecule has 3 rings (SSSR count). The normalized spacial score (nSPS) is 10.1. The summed E-state index contributed by atoms with van der Waals surface area (Å²) in [6.45, 7) is 0.642. The van der Waals surface area contributed by atoms with Gasteiger partial charge < -0.3 is 4.74 Å². The first kappa shape index (κ1) is 15.0. The second kappa shape index (κ2) is 7.41. The highest BCUT2D eigenvalue weighted by Crippen LogP contribution is 2.15. The van der Waals surface area contributed by atoms with E-state index in [2.05, 4.69) is 36.4 Å². The fraction of sp³-hybridized carbons (Fsp3) is 0.0952. The number of hydrogen-bond acceptors (Lipinski definition) is 2. The standard InChI is InChI=1S/C21H19NO/c1-23-20-14-12-17(13-15-20)16-22-21(18-8-4-2-5-9-18)19-10-6-3-7-11-19/h2-15H,16H2,1H3/i22+1. The first-order valence-corrected chi connectivity index (χ1v) is 7.65. The third-order valence-electron chi connectivity index (χ3n) is 3.67. The molecule has 0 unspecified atom stereocenters. The molecule has 0 amide bonds. The molecule has 0 spiro atoms. The SMILES string of the molecule is COc1ccc(C[15N]=C(c2ccccc2)c2ccccc2)cc1. The van der Waals surface area contributed by atoms with Crippen LogP contribution < -0.4 is 4.74 Å². The van der Waals surface area contributed by atoms with Gasteiger partial charge in [0.15, 0.2) is 0 Å². The van der Waals surface area contributed by atoms with Crippen LogP contribution in [0, 0.1) is 0 Å². The van der Waals surface area contributed by atoms with Crippen LogP contribution in [-0.2, 0) is 6.54 Å². The summed E-state index contributed by atoms with van der Waals surface area (Å²) in [6, 6.07) is 28.6. The Kier molecular flexibility index (Phi) is 4.85. The minimum atomic E-state index is 0.642. The van der Waals surface area contributed by atoms with Gasteiger partial charge in [-0.3, -0.25) is 4.99 Å². The van der Waals surface area contributed by atoms with Crippen molar-refractivity contribution in [3.8, 4) is 5.75 Å². The zero-order valence-electron chi connectivity index (χ0n) is 13.1. The van der Waals surface area contributed by atoms with Crippen LogP contribution in [0.3, 0.4) is 0 Å². The first-order chi connectivity index (χ1) is 11.4. The maximum absolute atomic E-state index is 5.20. The molecular weight excluding hydrogens is 283 g/mol. The van der Waals surface area contributed by atoms with Crippen molar-refractivity contribution < 1.29 is 4.74 Å². The van der Waals surface area contributed by atoms with Gasteiger partial charge in [0.05, 0.1) is 19.4 Å². The molecule has 0 aliphatic rings. The Morgan fingerprint density at radius 2 is 1.26 bits per heavy atom. The van der Waals surface area contributed by atoms with Crippen molar-refractivity contribution in [1.29, 1.82) is 0 Å². The Bertz CT molecular complexity index is 720. The van der Waals surface area contributed by atoms with Gasteiger partial charge in [-0.15, -0.1) is 0 Å². The number of benzene rings is 3. The molecule has 0 aliphatic carbocycles. The van der Waals surface area contributed by atoms with Crippen LogP contribution in [0.2, 0.25) is 0 Å². The minimum absolute atomic E-state index is 0.642. The lowest BCUT2D eigenvalue weighted by atomic mass is 10.0. The second-order valence-electron chi connectivity index (χ2n) is 5.24. The lowest BCUT2D eigenvalue weighted by Crippen LogP contribution is -2.03. The molecule has 0 aromatic heterocycles. The van der Waals surface area contributed by atoms with Gasteiger partial charge >= 0.3 is 0 Å². The third kappa shape index (κ3) is 3.86. The predicted molar refractivity (Wildman–Crippen MR) is 95.2 cm³/mol. The average molecular weight is 302 g/mol. The Labute approximate surface area is 137 Å². The zero-order chi connectivity index (χ0) is 15.9. The Morgan fingerprint density at radius 3 is 1.74 bits per heavy atom. The quantitative estimate of drug-likeness (QED) is 0.493. The van der Waals surface area contributed by atoms with E-state index in [9.17, 15) is 0 Å². The number of methoxy groups -OCH3 is 1. The van der Waals surface area contributed by atoms with Gasteiger partial charge in [0.2, 0.25) is 0 Å². The summed E-state index contributed by atoms with van der Waals surface area (Å²) in [5.74, 6) is 0.865. The Balaban J connectivity index is 1.91. The third-order valence-corrected chi connectivity index (χ3v) is 3.67. The molecule has 3 aromatic carbocycles. The molecule has 3 aromatic rings. The molecule has 0 bridgehead atoms. The van der Waals surface area contributed by atoms with Crippen molar-refractivity contribution in [2.24, 2.45) is 4.99 Å². The summed E-state index contributed by atoms with van der Waals surface area (Å²) in [6.07, 6.45) is 0. The molecule has 114 valence electrons. The van der Waals surface area contributed by atoms with Crippen LogP contribution in [-0.4, -0.2) is 12.8 Å². The average Bonchev–Trinajstić information content (AvgIpc) is 2.64. The maximum Gasteiger partial charge on any atom is 0.118 e. The van der Waals surface area contributed by atoms with Crippen LogP contribution in [0.4, 0.5) is 0 Å². The van der Waals surface area contributed by atoms with Crippen molar-refractivity contribution >= 4 is 5.71 Å². The lowest BCUT2D eigenvalue weighted by molar-refractivity contribution is 0.414. The fourth-order valence-corrected chi connectivity index (χ4v) is 2.44. The van der Waals surface area contributed by atoms with Crippen molar-refractivity contribution in [2.75, 3.05) is 7.11 Å². The summed E-state index contributed by atoms with van der Waals surface area (Å²) < 4.78 is 5.20. The van der Waals surface area contributed by atoms with Gasteiger partial charge in [-0.1, -0.05) is 72.8 Å². The van der Waals surface area contributed by atoms with Gasteiger partial charge in [0, 0.05) is 11.1 Å². The molecule has 0 saturated carbocycles. The van der Waals surface area contributed by atoms with E-state index in [4.69, 9.17) is 9.73 Å². The highest BCUT2D eigenvalue weighted by atomic mass is 16.5. The Hall–Kier alpha value is -2.87.